The van der Waals surface area contributed by atoms with Gasteiger partial charge >= 0.3 is 0 Å². The highest BCUT2D eigenvalue weighted by atomic mass is 16.5. The molecule has 6 nitrogen and oxygen atoms in total. The number of likely N-dealkylation sites (tertiary alicyclic amines) is 1. The molecule has 1 amide bonds. The Morgan fingerprint density at radius 1 is 1.35 bits per heavy atom. The molecule has 1 aromatic rings. The lowest BCUT2D eigenvalue weighted by Gasteiger charge is -2.31. The van der Waals surface area contributed by atoms with Crippen molar-refractivity contribution in [3.8, 4) is 23.3 Å². The van der Waals surface area contributed by atoms with E-state index in [1.807, 2.05) is 6.07 Å². The van der Waals surface area contributed by atoms with Crippen LogP contribution in [0.3, 0.4) is 0 Å². The van der Waals surface area contributed by atoms with Gasteiger partial charge in [-0.2, -0.15) is 0 Å². The number of likely N-dealkylation sites (N-methyl/N-ethyl adjacent to an activating group) is 1. The maximum atomic E-state index is 11.5. The number of carbonyl (C=O) groups excluding carboxylic acids is 1. The zero-order valence-corrected chi connectivity index (χ0v) is 15.9. The highest BCUT2D eigenvalue weighted by Gasteiger charge is 2.23. The van der Waals surface area contributed by atoms with Crippen LogP contribution in [0, 0.1) is 11.8 Å². The van der Waals surface area contributed by atoms with Gasteiger partial charge < -0.3 is 20.5 Å². The van der Waals surface area contributed by atoms with Gasteiger partial charge in [0.15, 0.2) is 11.5 Å². The minimum Gasteiger partial charge on any atom is -0.493 e. The van der Waals surface area contributed by atoms with Crippen molar-refractivity contribution in [2.24, 2.45) is 0 Å². The van der Waals surface area contributed by atoms with E-state index in [-0.39, 0.29) is 12.0 Å². The molecule has 1 aromatic carbocycles. The molecule has 142 valence electrons. The molecule has 6 heteroatoms. The molecule has 0 aliphatic carbocycles. The van der Waals surface area contributed by atoms with Gasteiger partial charge in [-0.1, -0.05) is 18.8 Å². The predicted octanol–water partition coefficient (Wildman–Crippen LogP) is 2.02. The first-order valence-corrected chi connectivity index (χ1v) is 9.13. The molecule has 1 fully saturated rings. The first-order valence-electron chi connectivity index (χ1n) is 9.13. The Morgan fingerprint density at radius 2 is 2.08 bits per heavy atom. The summed E-state index contributed by atoms with van der Waals surface area (Å²) in [6, 6.07) is 3.64. The normalized spacial score (nSPS) is 15.0. The summed E-state index contributed by atoms with van der Waals surface area (Å²) in [5, 5.41) is 2.66. The summed E-state index contributed by atoms with van der Waals surface area (Å²) in [6.07, 6.45) is 3.67. The van der Waals surface area contributed by atoms with E-state index in [2.05, 4.69) is 29.0 Å². The van der Waals surface area contributed by atoms with E-state index in [1.165, 1.54) is 0 Å². The molecule has 1 aliphatic rings. The summed E-state index contributed by atoms with van der Waals surface area (Å²) in [5.74, 6) is 7.57. The molecule has 1 aliphatic heterocycles. The second kappa shape index (κ2) is 9.93. The van der Waals surface area contributed by atoms with Crippen LogP contribution in [0.2, 0.25) is 0 Å². The van der Waals surface area contributed by atoms with Crippen LogP contribution in [-0.4, -0.2) is 50.7 Å². The first-order chi connectivity index (χ1) is 12.6. The third-order valence-corrected chi connectivity index (χ3v) is 4.41. The summed E-state index contributed by atoms with van der Waals surface area (Å²) in [7, 11) is 3.27. The molecule has 0 unspecified atom stereocenters. The molecular weight excluding hydrogens is 330 g/mol. The van der Waals surface area contributed by atoms with Crippen molar-refractivity contribution < 1.29 is 14.3 Å². The number of benzene rings is 1. The quantitative estimate of drug-likeness (QED) is 0.600. The molecule has 0 spiro atoms. The van der Waals surface area contributed by atoms with Crippen molar-refractivity contribution in [1.29, 1.82) is 0 Å². The van der Waals surface area contributed by atoms with Crippen molar-refractivity contribution in [3.05, 3.63) is 17.7 Å². The van der Waals surface area contributed by atoms with Crippen LogP contribution < -0.4 is 20.5 Å². The van der Waals surface area contributed by atoms with E-state index in [4.69, 9.17) is 15.2 Å². The molecule has 3 N–H and O–H groups in total. The lowest BCUT2D eigenvalue weighted by molar-refractivity contribution is -0.122. The van der Waals surface area contributed by atoms with E-state index < -0.39 is 0 Å². The van der Waals surface area contributed by atoms with Gasteiger partial charge in [-0.15, -0.1) is 0 Å². The highest BCUT2D eigenvalue weighted by molar-refractivity contribution is 5.77. The highest BCUT2D eigenvalue weighted by Crippen LogP contribution is 2.33. The monoisotopic (exact) mass is 359 g/mol. The lowest BCUT2D eigenvalue weighted by atomic mass is 10.1. The van der Waals surface area contributed by atoms with Crippen LogP contribution in [0.5, 0.6) is 11.5 Å². The number of anilines is 1. The molecule has 2 rings (SSSR count). The number of methoxy groups -OCH3 is 1. The lowest BCUT2D eigenvalue weighted by Crippen LogP contribution is -2.43. The molecule has 1 heterocycles. The van der Waals surface area contributed by atoms with Crippen molar-refractivity contribution in [2.75, 3.05) is 39.5 Å². The largest absolute Gasteiger partial charge is 0.493 e. The van der Waals surface area contributed by atoms with E-state index >= 15 is 0 Å². The Hall–Kier alpha value is -2.39. The number of hydrogen-bond acceptors (Lipinski definition) is 5. The van der Waals surface area contributed by atoms with E-state index in [1.54, 1.807) is 20.2 Å². The smallest absolute Gasteiger partial charge is 0.233 e. The number of amides is 1. The van der Waals surface area contributed by atoms with Gasteiger partial charge in [0.1, 0.15) is 6.10 Å². The van der Waals surface area contributed by atoms with Crippen LogP contribution in [0.15, 0.2) is 12.1 Å². The Morgan fingerprint density at radius 3 is 2.69 bits per heavy atom. The molecule has 0 saturated carbocycles. The second-order valence-corrected chi connectivity index (χ2v) is 6.41. The Bertz CT molecular complexity index is 671. The van der Waals surface area contributed by atoms with Gasteiger partial charge in [-0.3, -0.25) is 9.69 Å². The number of nitrogens with zero attached hydrogens (tertiary/aromatic N) is 1. The SMILES string of the molecule is CCCC#Cc1cc(OC2CCN(CC(=O)NC)CC2)c(OC)cc1N. The number of rotatable bonds is 6. The summed E-state index contributed by atoms with van der Waals surface area (Å²) in [6.45, 7) is 4.19. The summed E-state index contributed by atoms with van der Waals surface area (Å²) >= 11 is 0. The van der Waals surface area contributed by atoms with E-state index in [9.17, 15) is 4.79 Å². The third kappa shape index (κ3) is 5.57. The van der Waals surface area contributed by atoms with Crippen LogP contribution >= 0.6 is 0 Å². The van der Waals surface area contributed by atoms with Gasteiger partial charge in [0.2, 0.25) is 5.91 Å². The molecule has 0 atom stereocenters. The molecule has 0 radical (unpaired) electrons. The number of carbonyl (C=O) groups is 1. The average Bonchev–Trinajstić information content (AvgIpc) is 2.65. The van der Waals surface area contributed by atoms with Gasteiger partial charge in [0.05, 0.1) is 24.9 Å². The van der Waals surface area contributed by atoms with Crippen LogP contribution in [0.1, 0.15) is 38.2 Å². The third-order valence-electron chi connectivity index (χ3n) is 4.41. The number of nitrogens with two attached hydrogens (primary N) is 1. The maximum Gasteiger partial charge on any atom is 0.233 e. The topological polar surface area (TPSA) is 76.8 Å². The van der Waals surface area contributed by atoms with Crippen molar-refractivity contribution in [3.63, 3.8) is 0 Å². The number of hydrogen-bond donors (Lipinski definition) is 2. The van der Waals surface area contributed by atoms with Crippen molar-refractivity contribution >= 4 is 11.6 Å². The minimum absolute atomic E-state index is 0.0415. The molecular formula is C20H29N3O3. The molecule has 0 aromatic heterocycles. The fourth-order valence-electron chi connectivity index (χ4n) is 2.87. The van der Waals surface area contributed by atoms with Crippen molar-refractivity contribution in [2.45, 2.75) is 38.7 Å². The fraction of sp³-hybridized carbons (Fsp3) is 0.550. The standard InChI is InChI=1S/C20H29N3O3/c1-4-5-6-7-15-12-19(18(25-3)13-17(15)21)26-16-8-10-23(11-9-16)14-20(24)22-2/h12-13,16H,4-5,8-11,14,21H2,1-3H3,(H,22,24). The number of nitrogen functional groups attached to an aromatic ring is 1. The van der Waals surface area contributed by atoms with Gasteiger partial charge in [-0.05, 0) is 19.3 Å². The summed E-state index contributed by atoms with van der Waals surface area (Å²) in [4.78, 5) is 13.6. The summed E-state index contributed by atoms with van der Waals surface area (Å²) in [5.41, 5.74) is 7.44. The number of ether oxygens (including phenoxy) is 2. The number of nitrogens with one attached hydrogen (secondary N) is 1. The molecule has 1 saturated heterocycles. The minimum atomic E-state index is 0.0415. The molecule has 26 heavy (non-hydrogen) atoms. The van der Waals surface area contributed by atoms with Gasteiger partial charge in [0.25, 0.3) is 0 Å². The van der Waals surface area contributed by atoms with Crippen LogP contribution in [0.25, 0.3) is 0 Å². The van der Waals surface area contributed by atoms with E-state index in [0.29, 0.717) is 23.7 Å². The fourth-order valence-corrected chi connectivity index (χ4v) is 2.87. The maximum absolute atomic E-state index is 11.5. The van der Waals surface area contributed by atoms with Crippen molar-refractivity contribution in [1.82, 2.24) is 10.2 Å². The summed E-state index contributed by atoms with van der Waals surface area (Å²) < 4.78 is 11.6. The first kappa shape index (κ1) is 19.9. The number of unbranched alkanes of at least 4 members (excludes halogenated alkanes) is 1. The molecule has 0 bridgehead atoms. The Kier molecular flexibility index (Phi) is 7.61. The second-order valence-electron chi connectivity index (χ2n) is 6.41. The number of piperidine rings is 1. The Balaban J connectivity index is 2.03. The average molecular weight is 359 g/mol. The van der Waals surface area contributed by atoms with Gasteiger partial charge in [-0.25, -0.2) is 0 Å². The van der Waals surface area contributed by atoms with Crippen LogP contribution in [0.4, 0.5) is 5.69 Å². The van der Waals surface area contributed by atoms with Crippen LogP contribution in [-0.2, 0) is 4.79 Å². The predicted molar refractivity (Wildman–Crippen MR) is 103 cm³/mol. The zero-order valence-electron chi connectivity index (χ0n) is 15.9. The Labute approximate surface area is 156 Å². The van der Waals surface area contributed by atoms with E-state index in [0.717, 1.165) is 44.3 Å². The zero-order chi connectivity index (χ0) is 18.9. The van der Waals surface area contributed by atoms with Gasteiger partial charge in [0, 0.05) is 38.7 Å².